The average Bonchev–Trinajstić information content (AvgIpc) is 2.72. The van der Waals surface area contributed by atoms with Crippen LogP contribution in [-0.4, -0.2) is 47.5 Å². The van der Waals surface area contributed by atoms with E-state index in [1.54, 1.807) is 6.20 Å². The lowest BCUT2D eigenvalue weighted by Crippen LogP contribution is -2.36. The molecule has 0 aliphatic carbocycles. The molecule has 2 aromatic heterocycles. The second kappa shape index (κ2) is 9.32. The van der Waals surface area contributed by atoms with Crippen LogP contribution >= 0.6 is 0 Å². The van der Waals surface area contributed by atoms with E-state index in [4.69, 9.17) is 0 Å². The van der Waals surface area contributed by atoms with Gasteiger partial charge in [-0.05, 0) is 49.4 Å². The number of hydrogen-bond donors (Lipinski definition) is 0. The van der Waals surface area contributed by atoms with Gasteiger partial charge in [-0.15, -0.1) is 0 Å². The lowest BCUT2D eigenvalue weighted by molar-refractivity contribution is -0.130. The summed E-state index contributed by atoms with van der Waals surface area (Å²) in [5.41, 5.74) is 2.27. The molecule has 3 rings (SSSR count). The van der Waals surface area contributed by atoms with Gasteiger partial charge >= 0.3 is 0 Å². The summed E-state index contributed by atoms with van der Waals surface area (Å²) < 4.78 is 0. The Morgan fingerprint density at radius 3 is 2.85 bits per heavy atom. The van der Waals surface area contributed by atoms with Gasteiger partial charge in [0.15, 0.2) is 0 Å². The molecular weight excluding hydrogens is 324 g/mol. The molecule has 1 fully saturated rings. The third kappa shape index (κ3) is 5.28. The van der Waals surface area contributed by atoms with Crippen molar-refractivity contribution in [2.45, 2.75) is 32.1 Å². The maximum absolute atomic E-state index is 12.4. The van der Waals surface area contributed by atoms with E-state index in [0.29, 0.717) is 12.3 Å². The molecule has 0 unspecified atom stereocenters. The maximum atomic E-state index is 12.4. The van der Waals surface area contributed by atoms with E-state index in [1.807, 2.05) is 42.5 Å². The van der Waals surface area contributed by atoms with Crippen LogP contribution in [0.1, 0.15) is 31.4 Å². The Kier molecular flexibility index (Phi) is 6.58. The highest BCUT2D eigenvalue weighted by Crippen LogP contribution is 2.25. The second-order valence-corrected chi connectivity index (χ2v) is 7.08. The predicted octanol–water partition coefficient (Wildman–Crippen LogP) is 3.17. The molecule has 5 heteroatoms. The van der Waals surface area contributed by atoms with Crippen molar-refractivity contribution in [3.63, 3.8) is 0 Å². The number of rotatable bonds is 7. The van der Waals surface area contributed by atoms with Crippen molar-refractivity contribution in [1.82, 2.24) is 14.9 Å². The first-order chi connectivity index (χ1) is 12.7. The van der Waals surface area contributed by atoms with Crippen LogP contribution in [0.4, 0.5) is 5.69 Å². The van der Waals surface area contributed by atoms with E-state index in [0.717, 1.165) is 38.2 Å². The van der Waals surface area contributed by atoms with Gasteiger partial charge in [-0.3, -0.25) is 14.8 Å². The molecule has 1 atom stereocenters. The molecule has 5 nitrogen and oxygen atoms in total. The first-order valence-corrected chi connectivity index (χ1v) is 9.51. The van der Waals surface area contributed by atoms with Gasteiger partial charge in [0.25, 0.3) is 0 Å². The molecule has 138 valence electrons. The van der Waals surface area contributed by atoms with Gasteiger partial charge in [0.2, 0.25) is 5.91 Å². The Morgan fingerprint density at radius 1 is 1.23 bits per heavy atom. The van der Waals surface area contributed by atoms with Crippen molar-refractivity contribution >= 4 is 11.6 Å². The van der Waals surface area contributed by atoms with Crippen LogP contribution in [0.15, 0.2) is 48.9 Å². The molecular formula is C21H28N4O. The molecule has 0 N–H and O–H groups in total. The summed E-state index contributed by atoms with van der Waals surface area (Å²) in [4.78, 5) is 25.1. The molecule has 1 saturated heterocycles. The Labute approximate surface area is 156 Å². The number of carbonyl (C=O) groups is 1. The second-order valence-electron chi connectivity index (χ2n) is 7.08. The standard InChI is InChI=1S/C21H28N4O/c1-24(16-11-19-6-2-3-12-23-19)21(26)8-7-18-5-4-15-25(17-18)20-9-13-22-14-10-20/h2-3,6,9-10,12-14,18H,4-5,7-8,11,15-17H2,1H3/t18-/m0/s1. The van der Waals surface area contributed by atoms with Gasteiger partial charge in [0.1, 0.15) is 0 Å². The van der Waals surface area contributed by atoms with E-state index in [9.17, 15) is 4.79 Å². The molecule has 0 spiro atoms. The van der Waals surface area contributed by atoms with E-state index in [-0.39, 0.29) is 5.91 Å². The first kappa shape index (κ1) is 18.4. The third-order valence-corrected chi connectivity index (χ3v) is 5.17. The quantitative estimate of drug-likeness (QED) is 0.768. The SMILES string of the molecule is CN(CCc1ccccn1)C(=O)CC[C@@H]1CCCN(c2ccncc2)C1. The molecule has 0 bridgehead atoms. The van der Waals surface area contributed by atoms with E-state index in [2.05, 4.69) is 27.0 Å². The summed E-state index contributed by atoms with van der Waals surface area (Å²) in [5, 5.41) is 0. The number of pyridine rings is 2. The van der Waals surface area contributed by atoms with Crippen LogP contribution < -0.4 is 4.90 Å². The zero-order valence-electron chi connectivity index (χ0n) is 15.6. The Bertz CT molecular complexity index is 677. The average molecular weight is 352 g/mol. The predicted molar refractivity (Wildman–Crippen MR) is 104 cm³/mol. The summed E-state index contributed by atoms with van der Waals surface area (Å²) in [7, 11) is 1.90. The molecule has 1 amide bonds. The number of carbonyl (C=O) groups excluding carboxylic acids is 1. The van der Waals surface area contributed by atoms with Crippen molar-refractivity contribution < 1.29 is 4.79 Å². The monoisotopic (exact) mass is 352 g/mol. The van der Waals surface area contributed by atoms with Crippen LogP contribution in [0.2, 0.25) is 0 Å². The minimum absolute atomic E-state index is 0.238. The van der Waals surface area contributed by atoms with Crippen LogP contribution in [0.3, 0.4) is 0 Å². The molecule has 1 aliphatic rings. The van der Waals surface area contributed by atoms with Crippen molar-refractivity contribution in [3.05, 3.63) is 54.6 Å². The number of hydrogen-bond acceptors (Lipinski definition) is 4. The fourth-order valence-corrected chi connectivity index (χ4v) is 3.56. The smallest absolute Gasteiger partial charge is 0.222 e. The largest absolute Gasteiger partial charge is 0.371 e. The highest BCUT2D eigenvalue weighted by atomic mass is 16.2. The number of piperidine rings is 1. The Morgan fingerprint density at radius 2 is 2.08 bits per heavy atom. The summed E-state index contributed by atoms with van der Waals surface area (Å²) in [6, 6.07) is 10.0. The molecule has 3 heterocycles. The minimum atomic E-state index is 0.238. The van der Waals surface area contributed by atoms with Crippen LogP contribution in [0, 0.1) is 5.92 Å². The van der Waals surface area contributed by atoms with Gasteiger partial charge in [-0.25, -0.2) is 0 Å². The topological polar surface area (TPSA) is 49.3 Å². The normalized spacial score (nSPS) is 17.1. The maximum Gasteiger partial charge on any atom is 0.222 e. The van der Waals surface area contributed by atoms with Gasteiger partial charge < -0.3 is 9.80 Å². The molecule has 0 radical (unpaired) electrons. The lowest BCUT2D eigenvalue weighted by atomic mass is 9.93. The number of amides is 1. The molecule has 26 heavy (non-hydrogen) atoms. The highest BCUT2D eigenvalue weighted by molar-refractivity contribution is 5.75. The number of anilines is 1. The van der Waals surface area contributed by atoms with Crippen molar-refractivity contribution in [3.8, 4) is 0 Å². The van der Waals surface area contributed by atoms with E-state index < -0.39 is 0 Å². The van der Waals surface area contributed by atoms with Gasteiger partial charge in [0, 0.05) is 69.5 Å². The van der Waals surface area contributed by atoms with Gasteiger partial charge in [-0.2, -0.15) is 0 Å². The number of likely N-dealkylation sites (N-methyl/N-ethyl adjacent to an activating group) is 1. The third-order valence-electron chi connectivity index (χ3n) is 5.17. The van der Waals surface area contributed by atoms with Crippen molar-refractivity contribution in [2.75, 3.05) is 31.6 Å². The molecule has 0 saturated carbocycles. The number of nitrogens with zero attached hydrogens (tertiary/aromatic N) is 4. The van der Waals surface area contributed by atoms with E-state index in [1.165, 1.54) is 18.5 Å². The minimum Gasteiger partial charge on any atom is -0.371 e. The summed E-state index contributed by atoms with van der Waals surface area (Å²) in [6.45, 7) is 2.86. The van der Waals surface area contributed by atoms with Gasteiger partial charge in [-0.1, -0.05) is 6.07 Å². The zero-order chi connectivity index (χ0) is 18.2. The fourth-order valence-electron chi connectivity index (χ4n) is 3.56. The zero-order valence-corrected chi connectivity index (χ0v) is 15.6. The summed E-state index contributed by atoms with van der Waals surface area (Å²) in [6.07, 6.45) is 10.3. The van der Waals surface area contributed by atoms with E-state index >= 15 is 0 Å². The summed E-state index contributed by atoms with van der Waals surface area (Å²) >= 11 is 0. The Hall–Kier alpha value is -2.43. The molecule has 1 aliphatic heterocycles. The number of aromatic nitrogens is 2. The van der Waals surface area contributed by atoms with Gasteiger partial charge in [0.05, 0.1) is 0 Å². The molecule has 0 aromatic carbocycles. The highest BCUT2D eigenvalue weighted by Gasteiger charge is 2.21. The van der Waals surface area contributed by atoms with Crippen LogP contribution in [0.5, 0.6) is 0 Å². The van der Waals surface area contributed by atoms with Crippen LogP contribution in [-0.2, 0) is 11.2 Å². The van der Waals surface area contributed by atoms with Crippen molar-refractivity contribution in [2.24, 2.45) is 5.92 Å². The lowest BCUT2D eigenvalue weighted by Gasteiger charge is -2.34. The molecule has 2 aromatic rings. The first-order valence-electron chi connectivity index (χ1n) is 9.51. The Balaban J connectivity index is 1.42. The van der Waals surface area contributed by atoms with Crippen molar-refractivity contribution in [1.29, 1.82) is 0 Å². The summed E-state index contributed by atoms with van der Waals surface area (Å²) in [5.74, 6) is 0.826. The van der Waals surface area contributed by atoms with Crippen LogP contribution in [0.25, 0.3) is 0 Å². The fraction of sp³-hybridized carbons (Fsp3) is 0.476.